The molecular formula is C17H23FN2O4. The first-order chi connectivity index (χ1) is 11.1. The van der Waals surface area contributed by atoms with Crippen LogP contribution in [0.3, 0.4) is 0 Å². The Hall–Kier alpha value is -2.18. The molecule has 1 aromatic carbocycles. The minimum absolute atomic E-state index is 0.0193. The number of carbonyl (C=O) groups is 1. The molecule has 1 aromatic rings. The smallest absolute Gasteiger partial charge is 0.341 e. The van der Waals surface area contributed by atoms with Crippen molar-refractivity contribution in [3.8, 4) is 0 Å². The van der Waals surface area contributed by atoms with E-state index >= 15 is 0 Å². The first kappa shape index (κ1) is 18.2. The molecule has 0 saturated heterocycles. The molecular weight excluding hydrogens is 315 g/mol. The highest BCUT2D eigenvalue weighted by Gasteiger charge is 2.33. The van der Waals surface area contributed by atoms with Gasteiger partial charge in [-0.2, -0.15) is 0 Å². The predicted octanol–water partition coefficient (Wildman–Crippen LogP) is 4.15. The number of hydrogen-bond acceptors (Lipinski definition) is 5. The summed E-state index contributed by atoms with van der Waals surface area (Å²) in [4.78, 5) is 22.2. The normalized spacial score (nSPS) is 22.7. The van der Waals surface area contributed by atoms with Crippen molar-refractivity contribution in [2.45, 2.75) is 46.1 Å². The number of rotatable bonds is 4. The fourth-order valence-electron chi connectivity index (χ4n) is 3.77. The Morgan fingerprint density at radius 3 is 2.62 bits per heavy atom. The largest absolute Gasteiger partial charge is 0.465 e. The lowest BCUT2D eigenvalue weighted by Crippen LogP contribution is -2.35. The molecule has 1 saturated carbocycles. The number of halogens is 1. The molecule has 0 spiro atoms. The van der Waals surface area contributed by atoms with Gasteiger partial charge in [0, 0.05) is 18.2 Å². The maximum Gasteiger partial charge on any atom is 0.341 e. The topological polar surface area (TPSA) is 81.5 Å². The Kier molecular flexibility index (Phi) is 5.11. The van der Waals surface area contributed by atoms with Gasteiger partial charge in [0.25, 0.3) is 5.69 Å². The molecule has 1 N–H and O–H groups in total. The van der Waals surface area contributed by atoms with Crippen LogP contribution in [-0.2, 0) is 4.74 Å². The molecule has 24 heavy (non-hydrogen) atoms. The first-order valence-electron chi connectivity index (χ1n) is 7.96. The molecule has 1 aliphatic rings. The number of carbonyl (C=O) groups excluding carboxylic acids is 1. The molecule has 0 unspecified atom stereocenters. The molecule has 6 nitrogen and oxygen atoms in total. The number of methoxy groups -OCH3 is 1. The SMILES string of the molecule is COC(=O)c1cc([N+](=O)[O-])c(N[C@@H]2C[C@H](C)CC(C)(C)C2)cc1F. The standard InChI is InChI=1S/C17H23FN2O4/c1-10-5-11(9-17(2,3)8-10)19-14-7-13(18)12(16(21)24-4)6-15(14)20(22)23/h6-7,10-11,19H,5,8-9H2,1-4H3/t10-,11+/m0/s1. The van der Waals surface area contributed by atoms with Gasteiger partial charge in [-0.1, -0.05) is 20.8 Å². The summed E-state index contributed by atoms with van der Waals surface area (Å²) >= 11 is 0. The molecule has 2 rings (SSSR count). The fourth-order valence-corrected chi connectivity index (χ4v) is 3.77. The van der Waals surface area contributed by atoms with Gasteiger partial charge in [-0.3, -0.25) is 10.1 Å². The summed E-state index contributed by atoms with van der Waals surface area (Å²) < 4.78 is 18.6. The van der Waals surface area contributed by atoms with Gasteiger partial charge < -0.3 is 10.1 Å². The second-order valence-corrected chi connectivity index (χ2v) is 7.35. The van der Waals surface area contributed by atoms with Crippen LogP contribution in [0.25, 0.3) is 0 Å². The molecule has 0 aliphatic heterocycles. The number of nitro benzene ring substituents is 1. The van der Waals surface area contributed by atoms with Crippen LogP contribution in [0, 0.1) is 27.3 Å². The summed E-state index contributed by atoms with van der Waals surface area (Å²) in [5.41, 5.74) is -0.547. The van der Waals surface area contributed by atoms with Crippen LogP contribution in [0.5, 0.6) is 0 Å². The third kappa shape index (κ3) is 4.01. The molecule has 0 heterocycles. The quantitative estimate of drug-likeness (QED) is 0.507. The molecule has 1 aliphatic carbocycles. The van der Waals surface area contributed by atoms with Crippen LogP contribution in [0.2, 0.25) is 0 Å². The van der Waals surface area contributed by atoms with Gasteiger partial charge in [-0.25, -0.2) is 9.18 Å². The monoisotopic (exact) mass is 338 g/mol. The molecule has 2 atom stereocenters. The highest BCUT2D eigenvalue weighted by Crippen LogP contribution is 2.40. The van der Waals surface area contributed by atoms with E-state index < -0.39 is 22.3 Å². The molecule has 7 heteroatoms. The molecule has 0 amide bonds. The van der Waals surface area contributed by atoms with E-state index in [9.17, 15) is 19.3 Å². The number of nitrogens with zero attached hydrogens (tertiary/aromatic N) is 1. The number of esters is 1. The van der Waals surface area contributed by atoms with Crippen molar-refractivity contribution < 1.29 is 18.8 Å². The molecule has 0 aromatic heterocycles. The third-order valence-corrected chi connectivity index (χ3v) is 4.43. The van der Waals surface area contributed by atoms with Crippen molar-refractivity contribution in [2.75, 3.05) is 12.4 Å². The number of ether oxygens (including phenoxy) is 1. The Morgan fingerprint density at radius 1 is 1.42 bits per heavy atom. The fraction of sp³-hybridized carbons (Fsp3) is 0.588. The van der Waals surface area contributed by atoms with Crippen molar-refractivity contribution in [3.05, 3.63) is 33.6 Å². The summed E-state index contributed by atoms with van der Waals surface area (Å²) in [6, 6.07) is 1.96. The zero-order valence-corrected chi connectivity index (χ0v) is 14.4. The minimum Gasteiger partial charge on any atom is -0.465 e. The van der Waals surface area contributed by atoms with E-state index in [1.807, 2.05) is 0 Å². The van der Waals surface area contributed by atoms with E-state index in [0.717, 1.165) is 38.5 Å². The Labute approximate surface area is 140 Å². The summed E-state index contributed by atoms with van der Waals surface area (Å²) in [7, 11) is 1.10. The van der Waals surface area contributed by atoms with Crippen LogP contribution < -0.4 is 5.32 Å². The van der Waals surface area contributed by atoms with Crippen LogP contribution in [0.1, 0.15) is 50.4 Å². The second-order valence-electron chi connectivity index (χ2n) is 7.35. The highest BCUT2D eigenvalue weighted by atomic mass is 19.1. The van der Waals surface area contributed by atoms with E-state index in [4.69, 9.17) is 0 Å². The van der Waals surface area contributed by atoms with Crippen LogP contribution in [-0.4, -0.2) is 24.0 Å². The van der Waals surface area contributed by atoms with Gasteiger partial charge in [0.1, 0.15) is 17.1 Å². The average molecular weight is 338 g/mol. The summed E-state index contributed by atoms with van der Waals surface area (Å²) in [6.07, 6.45) is 2.79. The molecule has 1 fully saturated rings. The third-order valence-electron chi connectivity index (χ3n) is 4.43. The first-order valence-corrected chi connectivity index (χ1v) is 7.96. The number of hydrogen-bond donors (Lipinski definition) is 1. The maximum absolute atomic E-state index is 14.2. The Morgan fingerprint density at radius 2 is 2.08 bits per heavy atom. The van der Waals surface area contributed by atoms with E-state index in [0.29, 0.717) is 5.92 Å². The van der Waals surface area contributed by atoms with Crippen molar-refractivity contribution in [3.63, 3.8) is 0 Å². The zero-order valence-electron chi connectivity index (χ0n) is 14.4. The second kappa shape index (κ2) is 6.75. The lowest BCUT2D eigenvalue weighted by molar-refractivity contribution is -0.384. The molecule has 0 bridgehead atoms. The Balaban J connectivity index is 2.34. The van der Waals surface area contributed by atoms with Crippen LogP contribution >= 0.6 is 0 Å². The maximum atomic E-state index is 14.2. The predicted molar refractivity (Wildman–Crippen MR) is 88.6 cm³/mol. The number of anilines is 1. The van der Waals surface area contributed by atoms with Gasteiger partial charge >= 0.3 is 5.97 Å². The van der Waals surface area contributed by atoms with Crippen molar-refractivity contribution in [2.24, 2.45) is 11.3 Å². The summed E-state index contributed by atoms with van der Waals surface area (Å²) in [5, 5.41) is 14.4. The molecule has 132 valence electrons. The zero-order chi connectivity index (χ0) is 18.1. The molecule has 0 radical (unpaired) electrons. The summed E-state index contributed by atoms with van der Waals surface area (Å²) in [5.74, 6) is -1.29. The van der Waals surface area contributed by atoms with E-state index in [-0.39, 0.29) is 22.8 Å². The highest BCUT2D eigenvalue weighted by molar-refractivity contribution is 5.91. The van der Waals surface area contributed by atoms with Gasteiger partial charge in [-0.15, -0.1) is 0 Å². The van der Waals surface area contributed by atoms with Gasteiger partial charge in [0.15, 0.2) is 0 Å². The van der Waals surface area contributed by atoms with Crippen molar-refractivity contribution >= 4 is 17.3 Å². The van der Waals surface area contributed by atoms with Gasteiger partial charge in [-0.05, 0) is 30.6 Å². The lowest BCUT2D eigenvalue weighted by atomic mass is 9.70. The number of nitro groups is 1. The Bertz CT molecular complexity index is 660. The number of nitrogens with one attached hydrogen (secondary N) is 1. The van der Waals surface area contributed by atoms with Gasteiger partial charge in [0.2, 0.25) is 0 Å². The van der Waals surface area contributed by atoms with Gasteiger partial charge in [0.05, 0.1) is 12.0 Å². The average Bonchev–Trinajstić information content (AvgIpc) is 2.44. The van der Waals surface area contributed by atoms with Crippen molar-refractivity contribution in [1.29, 1.82) is 0 Å². The minimum atomic E-state index is -0.936. The number of benzene rings is 1. The lowest BCUT2D eigenvalue weighted by Gasteiger charge is -2.39. The summed E-state index contributed by atoms with van der Waals surface area (Å²) in [6.45, 7) is 6.46. The van der Waals surface area contributed by atoms with E-state index in [2.05, 4.69) is 30.8 Å². The van der Waals surface area contributed by atoms with Crippen LogP contribution in [0.15, 0.2) is 12.1 Å². The van der Waals surface area contributed by atoms with Crippen LogP contribution in [0.4, 0.5) is 15.8 Å². The van der Waals surface area contributed by atoms with E-state index in [1.54, 1.807) is 0 Å². The van der Waals surface area contributed by atoms with Crippen molar-refractivity contribution in [1.82, 2.24) is 0 Å². The van der Waals surface area contributed by atoms with E-state index in [1.165, 1.54) is 0 Å².